The van der Waals surface area contributed by atoms with E-state index in [1.54, 1.807) is 21.3 Å². The van der Waals surface area contributed by atoms with Gasteiger partial charge in [-0.05, 0) is 25.7 Å². The summed E-state index contributed by atoms with van der Waals surface area (Å²) in [5.74, 6) is 0. The predicted octanol–water partition coefficient (Wildman–Crippen LogP) is 3.80. The third-order valence-corrected chi connectivity index (χ3v) is 4.25. The van der Waals surface area contributed by atoms with Crippen molar-refractivity contribution < 1.29 is 18.0 Å². The third kappa shape index (κ3) is 13.1. The van der Waals surface area contributed by atoms with Crippen molar-refractivity contribution in [3.8, 4) is 0 Å². The molecule has 0 rings (SSSR count). The molecule has 0 radical (unpaired) electrons. The largest absolute Gasteiger partial charge is 0.483 e. The number of hydrogen-bond donors (Lipinski definition) is 0. The van der Waals surface area contributed by atoms with Crippen LogP contribution in [0, 0.1) is 0 Å². The van der Waals surface area contributed by atoms with Crippen LogP contribution < -0.4 is 0 Å². The van der Waals surface area contributed by atoms with Crippen LogP contribution in [-0.4, -0.2) is 43.1 Å². The second-order valence-electron chi connectivity index (χ2n) is 4.77. The molecule has 0 aliphatic rings. The lowest BCUT2D eigenvalue weighted by molar-refractivity contribution is -0.0241. The Hall–Kier alpha value is 0.0569. The third-order valence-electron chi connectivity index (χ3n) is 3.09. The van der Waals surface area contributed by atoms with Crippen LogP contribution in [0.3, 0.4) is 0 Å². The summed E-state index contributed by atoms with van der Waals surface area (Å²) in [6, 6.07) is 0. The molecule has 2 unspecified atom stereocenters. The second-order valence-corrected chi connectivity index (χ2v) is 6.76. The van der Waals surface area contributed by atoms with Crippen molar-refractivity contribution >= 4 is 9.53 Å². The second kappa shape index (κ2) is 17.1. The van der Waals surface area contributed by atoms with Crippen LogP contribution in [0.1, 0.15) is 66.2 Å². The molecule has 4 nitrogen and oxygen atoms in total. The minimum atomic E-state index is -1.67. The SMILES string of the molecule is CCCC(CC)OC(CC)CCC.CO[SiH](OC)OC. The minimum Gasteiger partial charge on any atom is -0.379 e. The molecule has 0 aromatic rings. The molecule has 2 atom stereocenters. The Kier molecular flexibility index (Phi) is 19.1. The van der Waals surface area contributed by atoms with Crippen molar-refractivity contribution in [3.05, 3.63) is 0 Å². The van der Waals surface area contributed by atoms with Gasteiger partial charge >= 0.3 is 9.53 Å². The van der Waals surface area contributed by atoms with E-state index in [0.29, 0.717) is 12.2 Å². The van der Waals surface area contributed by atoms with Gasteiger partial charge in [-0.25, -0.2) is 0 Å². The normalized spacial score (nSPS) is 13.8. The van der Waals surface area contributed by atoms with Crippen LogP contribution in [0.25, 0.3) is 0 Å². The van der Waals surface area contributed by atoms with E-state index in [0.717, 1.165) is 12.8 Å². The summed E-state index contributed by atoms with van der Waals surface area (Å²) in [5.41, 5.74) is 0. The molecule has 0 N–H and O–H groups in total. The van der Waals surface area contributed by atoms with Gasteiger partial charge < -0.3 is 18.0 Å². The van der Waals surface area contributed by atoms with Gasteiger partial charge in [-0.3, -0.25) is 0 Å². The quantitative estimate of drug-likeness (QED) is 0.544. The van der Waals surface area contributed by atoms with E-state index >= 15 is 0 Å². The van der Waals surface area contributed by atoms with Gasteiger partial charge in [0.15, 0.2) is 0 Å². The van der Waals surface area contributed by atoms with Crippen LogP contribution in [-0.2, 0) is 18.0 Å². The van der Waals surface area contributed by atoms with Gasteiger partial charge in [0.05, 0.1) is 12.2 Å². The first kappa shape index (κ1) is 22.3. The Balaban J connectivity index is 0. The lowest BCUT2D eigenvalue weighted by atomic mass is 10.1. The first-order valence-corrected chi connectivity index (χ1v) is 9.28. The van der Waals surface area contributed by atoms with Crippen molar-refractivity contribution in [2.75, 3.05) is 21.3 Å². The molecule has 0 amide bonds. The molecule has 0 fully saturated rings. The average molecular weight is 309 g/mol. The van der Waals surface area contributed by atoms with Crippen LogP contribution in [0.15, 0.2) is 0 Å². The fourth-order valence-corrected chi connectivity index (χ4v) is 2.52. The van der Waals surface area contributed by atoms with E-state index < -0.39 is 9.53 Å². The Morgan fingerprint density at radius 2 is 1.05 bits per heavy atom. The molecular weight excluding hydrogens is 272 g/mol. The van der Waals surface area contributed by atoms with E-state index in [1.807, 2.05) is 0 Å². The molecule has 0 aromatic heterocycles. The summed E-state index contributed by atoms with van der Waals surface area (Å²) < 4.78 is 20.3. The minimum absolute atomic E-state index is 0.501. The van der Waals surface area contributed by atoms with Crippen molar-refractivity contribution in [1.29, 1.82) is 0 Å². The maximum absolute atomic E-state index is 6.03. The van der Waals surface area contributed by atoms with E-state index in [9.17, 15) is 0 Å². The molecule has 0 aliphatic heterocycles. The van der Waals surface area contributed by atoms with Gasteiger partial charge in [-0.2, -0.15) is 0 Å². The maximum atomic E-state index is 6.03. The van der Waals surface area contributed by atoms with Gasteiger partial charge in [0.1, 0.15) is 0 Å². The molecule has 0 spiro atoms. The van der Waals surface area contributed by atoms with Crippen molar-refractivity contribution in [2.45, 2.75) is 78.4 Å². The molecule has 0 aromatic carbocycles. The highest BCUT2D eigenvalue weighted by atomic mass is 28.3. The Labute approximate surface area is 128 Å². The molecule has 0 bridgehead atoms. The number of rotatable bonds is 11. The maximum Gasteiger partial charge on any atom is 0.483 e. The molecule has 0 heterocycles. The highest BCUT2D eigenvalue weighted by Gasteiger charge is 2.11. The first-order valence-electron chi connectivity index (χ1n) is 7.86. The monoisotopic (exact) mass is 308 g/mol. The molecular formula is C15H36O4Si. The van der Waals surface area contributed by atoms with E-state index in [4.69, 9.17) is 18.0 Å². The zero-order chi connectivity index (χ0) is 15.8. The molecule has 124 valence electrons. The standard InChI is InChI=1S/C12H26O.C3H10O3Si/c1-5-9-11(7-3)13-12(8-4)10-6-2;1-4-7(5-2)6-3/h11-12H,5-10H2,1-4H3;7H,1-3H3. The molecule has 0 saturated carbocycles. The van der Waals surface area contributed by atoms with Gasteiger partial charge in [0.2, 0.25) is 0 Å². The topological polar surface area (TPSA) is 36.9 Å². The Morgan fingerprint density at radius 1 is 0.700 bits per heavy atom. The average Bonchev–Trinajstić information content (AvgIpc) is 2.48. The van der Waals surface area contributed by atoms with Crippen LogP contribution >= 0.6 is 0 Å². The zero-order valence-electron chi connectivity index (χ0n) is 14.6. The first-order chi connectivity index (χ1) is 9.62. The molecule has 0 saturated heterocycles. The predicted molar refractivity (Wildman–Crippen MR) is 87.2 cm³/mol. The number of hydrogen-bond acceptors (Lipinski definition) is 4. The van der Waals surface area contributed by atoms with Crippen molar-refractivity contribution in [1.82, 2.24) is 0 Å². The fourth-order valence-electron chi connectivity index (χ4n) is 1.94. The van der Waals surface area contributed by atoms with Crippen LogP contribution in [0.4, 0.5) is 0 Å². The van der Waals surface area contributed by atoms with Gasteiger partial charge in [-0.1, -0.05) is 40.5 Å². The van der Waals surface area contributed by atoms with Gasteiger partial charge in [0.25, 0.3) is 0 Å². The number of ether oxygens (including phenoxy) is 1. The molecule has 5 heteroatoms. The Bertz CT molecular complexity index is 160. The summed E-state index contributed by atoms with van der Waals surface area (Å²) in [7, 11) is 3.05. The van der Waals surface area contributed by atoms with Gasteiger partial charge in [-0.15, -0.1) is 0 Å². The highest BCUT2D eigenvalue weighted by molar-refractivity contribution is 6.36. The summed E-state index contributed by atoms with van der Waals surface area (Å²) in [6.07, 6.45) is 8.24. The summed E-state index contributed by atoms with van der Waals surface area (Å²) in [6.45, 7) is 8.90. The lowest BCUT2D eigenvalue weighted by Gasteiger charge is -2.22. The summed E-state index contributed by atoms with van der Waals surface area (Å²) in [5, 5.41) is 0. The van der Waals surface area contributed by atoms with E-state index in [-0.39, 0.29) is 0 Å². The summed E-state index contributed by atoms with van der Waals surface area (Å²) in [4.78, 5) is 0. The van der Waals surface area contributed by atoms with Crippen LogP contribution in [0.2, 0.25) is 0 Å². The fraction of sp³-hybridized carbons (Fsp3) is 1.00. The molecule has 0 aliphatic carbocycles. The smallest absolute Gasteiger partial charge is 0.379 e. The van der Waals surface area contributed by atoms with Crippen molar-refractivity contribution in [2.24, 2.45) is 0 Å². The van der Waals surface area contributed by atoms with Gasteiger partial charge in [0, 0.05) is 21.3 Å². The summed E-state index contributed by atoms with van der Waals surface area (Å²) >= 11 is 0. The zero-order valence-corrected chi connectivity index (χ0v) is 15.8. The van der Waals surface area contributed by atoms with E-state index in [1.165, 1.54) is 25.7 Å². The van der Waals surface area contributed by atoms with E-state index in [2.05, 4.69) is 27.7 Å². The molecule has 20 heavy (non-hydrogen) atoms. The lowest BCUT2D eigenvalue weighted by Crippen LogP contribution is -2.21. The van der Waals surface area contributed by atoms with Crippen LogP contribution in [0.5, 0.6) is 0 Å². The van der Waals surface area contributed by atoms with Crippen molar-refractivity contribution in [3.63, 3.8) is 0 Å². The Morgan fingerprint density at radius 3 is 1.20 bits per heavy atom. The highest BCUT2D eigenvalue weighted by Crippen LogP contribution is 2.14.